The molecule has 0 radical (unpaired) electrons. The second-order valence-corrected chi connectivity index (χ2v) is 4.38. The minimum Gasteiger partial charge on any atom is -0.383 e. The lowest BCUT2D eigenvalue weighted by atomic mass is 10.2. The number of carbonyl (C=O) groups is 2. The number of amides is 3. The van der Waals surface area contributed by atoms with Crippen molar-refractivity contribution < 1.29 is 14.3 Å². The fourth-order valence-corrected chi connectivity index (χ4v) is 1.62. The minimum absolute atomic E-state index is 0.127. The summed E-state index contributed by atoms with van der Waals surface area (Å²) in [5.74, 6) is -0.127. The van der Waals surface area contributed by atoms with Gasteiger partial charge in [0.2, 0.25) is 5.91 Å². The smallest absolute Gasteiger partial charge is 0.319 e. The van der Waals surface area contributed by atoms with Crippen LogP contribution in [0.3, 0.4) is 0 Å². The molecule has 21 heavy (non-hydrogen) atoms. The molecule has 1 aromatic rings. The van der Waals surface area contributed by atoms with Crippen molar-refractivity contribution in [1.82, 2.24) is 10.6 Å². The van der Waals surface area contributed by atoms with Crippen molar-refractivity contribution in [3.8, 4) is 0 Å². The Morgan fingerprint density at radius 3 is 2.76 bits per heavy atom. The molecule has 0 fully saturated rings. The van der Waals surface area contributed by atoms with Crippen LogP contribution in [-0.4, -0.2) is 38.7 Å². The molecule has 116 valence electrons. The zero-order chi connectivity index (χ0) is 15.5. The van der Waals surface area contributed by atoms with E-state index in [1.165, 1.54) is 0 Å². The van der Waals surface area contributed by atoms with Crippen LogP contribution in [0.15, 0.2) is 24.3 Å². The first kappa shape index (κ1) is 16.9. The third-order valence-electron chi connectivity index (χ3n) is 2.69. The van der Waals surface area contributed by atoms with Crippen LogP contribution in [0.4, 0.5) is 10.5 Å². The molecule has 0 spiro atoms. The van der Waals surface area contributed by atoms with Crippen LogP contribution >= 0.6 is 0 Å². The summed E-state index contributed by atoms with van der Waals surface area (Å²) in [5, 5.41) is 7.97. The molecule has 5 N–H and O–H groups in total. The van der Waals surface area contributed by atoms with E-state index in [1.54, 1.807) is 19.2 Å². The quantitative estimate of drug-likeness (QED) is 0.521. The maximum atomic E-state index is 11.6. The number of carbonyl (C=O) groups excluding carboxylic acids is 2. The van der Waals surface area contributed by atoms with E-state index in [0.29, 0.717) is 25.4 Å². The summed E-state index contributed by atoms with van der Waals surface area (Å²) >= 11 is 0. The van der Waals surface area contributed by atoms with Crippen LogP contribution in [-0.2, 0) is 16.1 Å². The van der Waals surface area contributed by atoms with E-state index in [4.69, 9.17) is 10.5 Å². The van der Waals surface area contributed by atoms with Gasteiger partial charge in [-0.1, -0.05) is 12.1 Å². The van der Waals surface area contributed by atoms with Gasteiger partial charge in [-0.2, -0.15) is 0 Å². The molecule has 1 aromatic carbocycles. The van der Waals surface area contributed by atoms with Crippen molar-refractivity contribution in [2.45, 2.75) is 13.0 Å². The van der Waals surface area contributed by atoms with Gasteiger partial charge >= 0.3 is 6.03 Å². The molecule has 0 aromatic heterocycles. The van der Waals surface area contributed by atoms with Crippen LogP contribution in [0, 0.1) is 0 Å². The third-order valence-corrected chi connectivity index (χ3v) is 2.69. The third kappa shape index (κ3) is 7.28. The lowest BCUT2D eigenvalue weighted by Gasteiger charge is -2.09. The van der Waals surface area contributed by atoms with E-state index in [0.717, 1.165) is 5.56 Å². The molecule has 0 aliphatic heterocycles. The second kappa shape index (κ2) is 9.73. The van der Waals surface area contributed by atoms with E-state index in [-0.39, 0.29) is 24.9 Å². The molecular formula is C14H22N4O3. The topological polar surface area (TPSA) is 105 Å². The minimum atomic E-state index is -0.353. The first-order valence-corrected chi connectivity index (χ1v) is 6.75. The van der Waals surface area contributed by atoms with Crippen molar-refractivity contribution >= 4 is 17.6 Å². The Bertz CT molecular complexity index is 465. The Balaban J connectivity index is 2.23. The van der Waals surface area contributed by atoms with Gasteiger partial charge in [0.1, 0.15) is 0 Å². The van der Waals surface area contributed by atoms with Gasteiger partial charge in [-0.25, -0.2) is 4.79 Å². The normalized spacial score (nSPS) is 10.0. The van der Waals surface area contributed by atoms with E-state index in [9.17, 15) is 9.59 Å². The summed E-state index contributed by atoms with van der Waals surface area (Å²) in [6.07, 6.45) is 0.222. The van der Waals surface area contributed by atoms with Crippen molar-refractivity contribution in [2.24, 2.45) is 5.73 Å². The summed E-state index contributed by atoms with van der Waals surface area (Å²) in [7, 11) is 1.57. The van der Waals surface area contributed by atoms with Crippen LogP contribution in [0.5, 0.6) is 0 Å². The highest BCUT2D eigenvalue weighted by Gasteiger charge is 2.04. The Kier molecular flexibility index (Phi) is 7.85. The van der Waals surface area contributed by atoms with Crippen LogP contribution in [0.2, 0.25) is 0 Å². The van der Waals surface area contributed by atoms with Gasteiger partial charge in [0.05, 0.1) is 6.61 Å². The maximum absolute atomic E-state index is 11.6. The first-order chi connectivity index (χ1) is 10.2. The van der Waals surface area contributed by atoms with Crippen LogP contribution < -0.4 is 21.7 Å². The number of methoxy groups -OCH3 is 1. The van der Waals surface area contributed by atoms with Gasteiger partial charge < -0.3 is 26.4 Å². The van der Waals surface area contributed by atoms with Crippen LogP contribution in [0.25, 0.3) is 0 Å². The standard InChI is InChI=1S/C14H22N4O3/c1-21-8-7-16-13(19)5-6-17-14(20)18-12-4-2-3-11(9-12)10-15/h2-4,9H,5-8,10,15H2,1H3,(H,16,19)(H2,17,18,20). The molecule has 3 amide bonds. The first-order valence-electron chi connectivity index (χ1n) is 6.75. The lowest BCUT2D eigenvalue weighted by Crippen LogP contribution is -2.34. The van der Waals surface area contributed by atoms with E-state index in [1.807, 2.05) is 12.1 Å². The van der Waals surface area contributed by atoms with Crippen molar-refractivity contribution in [3.63, 3.8) is 0 Å². The highest BCUT2D eigenvalue weighted by molar-refractivity contribution is 5.89. The number of nitrogens with one attached hydrogen (secondary N) is 3. The summed E-state index contributed by atoms with van der Waals surface area (Å²) in [5.41, 5.74) is 7.13. The molecule has 0 unspecified atom stereocenters. The van der Waals surface area contributed by atoms with Crippen LogP contribution in [0.1, 0.15) is 12.0 Å². The predicted octanol–water partition coefficient (Wildman–Crippen LogP) is 0.420. The molecule has 0 saturated heterocycles. The predicted molar refractivity (Wildman–Crippen MR) is 80.9 cm³/mol. The van der Waals surface area contributed by atoms with Crippen molar-refractivity contribution in [1.29, 1.82) is 0 Å². The SMILES string of the molecule is COCCNC(=O)CCNC(=O)Nc1cccc(CN)c1. The number of hydrogen-bond acceptors (Lipinski definition) is 4. The lowest BCUT2D eigenvalue weighted by molar-refractivity contribution is -0.121. The zero-order valence-electron chi connectivity index (χ0n) is 12.1. The molecule has 0 heterocycles. The summed E-state index contributed by atoms with van der Waals surface area (Å²) in [4.78, 5) is 23.0. The number of benzene rings is 1. The average molecular weight is 294 g/mol. The van der Waals surface area contributed by atoms with Gasteiger partial charge in [0.15, 0.2) is 0 Å². The fourth-order valence-electron chi connectivity index (χ4n) is 1.62. The number of urea groups is 1. The van der Waals surface area contributed by atoms with Crippen molar-refractivity contribution in [2.75, 3.05) is 32.1 Å². The molecule has 1 rings (SSSR count). The summed E-state index contributed by atoms with van der Waals surface area (Å²) in [6, 6.07) is 6.93. The fraction of sp³-hybridized carbons (Fsp3) is 0.429. The van der Waals surface area contributed by atoms with Gasteiger partial charge in [0, 0.05) is 38.9 Å². The summed E-state index contributed by atoms with van der Waals surface area (Å²) < 4.78 is 4.82. The molecule has 7 heteroatoms. The summed E-state index contributed by atoms with van der Waals surface area (Å²) in [6.45, 7) is 1.62. The Hall–Kier alpha value is -2.12. The number of anilines is 1. The second-order valence-electron chi connectivity index (χ2n) is 4.38. The molecule has 0 aliphatic rings. The maximum Gasteiger partial charge on any atom is 0.319 e. The number of ether oxygens (including phenoxy) is 1. The number of rotatable bonds is 8. The molecule has 0 saturated carbocycles. The van der Waals surface area contributed by atoms with Gasteiger partial charge in [-0.05, 0) is 17.7 Å². The molecule has 7 nitrogen and oxygen atoms in total. The monoisotopic (exact) mass is 294 g/mol. The van der Waals surface area contributed by atoms with Gasteiger partial charge in [-0.3, -0.25) is 4.79 Å². The largest absolute Gasteiger partial charge is 0.383 e. The highest BCUT2D eigenvalue weighted by atomic mass is 16.5. The zero-order valence-corrected chi connectivity index (χ0v) is 12.1. The highest BCUT2D eigenvalue weighted by Crippen LogP contribution is 2.09. The van der Waals surface area contributed by atoms with E-state index in [2.05, 4.69) is 16.0 Å². The average Bonchev–Trinajstić information content (AvgIpc) is 2.47. The molecule has 0 atom stereocenters. The van der Waals surface area contributed by atoms with E-state index < -0.39 is 0 Å². The molecule has 0 aliphatic carbocycles. The van der Waals surface area contributed by atoms with Crippen molar-refractivity contribution in [3.05, 3.63) is 29.8 Å². The Labute approximate surface area is 124 Å². The van der Waals surface area contributed by atoms with Gasteiger partial charge in [-0.15, -0.1) is 0 Å². The number of hydrogen-bond donors (Lipinski definition) is 4. The van der Waals surface area contributed by atoms with Gasteiger partial charge in [0.25, 0.3) is 0 Å². The number of nitrogens with two attached hydrogens (primary N) is 1. The molecule has 0 bridgehead atoms. The Morgan fingerprint density at radius 2 is 2.05 bits per heavy atom. The van der Waals surface area contributed by atoms with E-state index >= 15 is 0 Å². The molecular weight excluding hydrogens is 272 g/mol. The Morgan fingerprint density at radius 1 is 1.24 bits per heavy atom.